The Morgan fingerprint density at radius 2 is 1.77 bits per heavy atom. The molecule has 2 heterocycles. The summed E-state index contributed by atoms with van der Waals surface area (Å²) in [4.78, 5) is 57.0. The Bertz CT molecular complexity index is 1330. The number of benzene rings is 2. The lowest BCUT2D eigenvalue weighted by Gasteiger charge is -2.37. The second-order valence-electron chi connectivity index (χ2n) is 12.1. The number of aryl methyl sites for hydroxylation is 1. The van der Waals surface area contributed by atoms with Crippen LogP contribution in [-0.4, -0.2) is 65.1 Å². The number of hydrogen-bond acceptors (Lipinski definition) is 5. The lowest BCUT2D eigenvalue weighted by atomic mass is 9.88. The first-order chi connectivity index (χ1) is 20.6. The third-order valence-electron chi connectivity index (χ3n) is 8.69. The minimum atomic E-state index is -0.891. The van der Waals surface area contributed by atoms with Gasteiger partial charge in [0.05, 0.1) is 0 Å². The molecule has 0 saturated carbocycles. The third-order valence-corrected chi connectivity index (χ3v) is 9.12. The van der Waals surface area contributed by atoms with Gasteiger partial charge in [-0.2, -0.15) is 0 Å². The van der Waals surface area contributed by atoms with E-state index in [0.717, 1.165) is 42.6 Å². The van der Waals surface area contributed by atoms with E-state index in [1.54, 1.807) is 23.1 Å². The highest BCUT2D eigenvalue weighted by atomic mass is 35.5. The lowest BCUT2D eigenvalue weighted by molar-refractivity contribution is -0.144. The summed E-state index contributed by atoms with van der Waals surface area (Å²) in [7, 11) is 0. The number of nitrogens with zero attached hydrogens (tertiary/aromatic N) is 2. The minimum absolute atomic E-state index is 0.0192. The number of carbonyl (C=O) groups excluding carboxylic acids is 4. The first kappa shape index (κ1) is 32.5. The summed E-state index contributed by atoms with van der Waals surface area (Å²) < 4.78 is 0. The van der Waals surface area contributed by atoms with Crippen LogP contribution >= 0.6 is 11.6 Å². The van der Waals surface area contributed by atoms with Gasteiger partial charge in [0.25, 0.3) is 0 Å². The van der Waals surface area contributed by atoms with Crippen molar-refractivity contribution in [1.29, 1.82) is 0 Å². The zero-order valence-corrected chi connectivity index (χ0v) is 26.2. The molecule has 4 N–H and O–H groups in total. The smallest absolute Gasteiger partial charge is 0.246 e. The molecule has 10 heteroatoms. The monoisotopic (exact) mass is 609 g/mol. The molecule has 2 aromatic carbocycles. The second kappa shape index (κ2) is 14.8. The van der Waals surface area contributed by atoms with Crippen molar-refractivity contribution in [1.82, 2.24) is 15.1 Å². The molecule has 0 aliphatic carbocycles. The van der Waals surface area contributed by atoms with Crippen LogP contribution in [0.25, 0.3) is 0 Å². The van der Waals surface area contributed by atoms with Crippen molar-refractivity contribution in [3.63, 3.8) is 0 Å². The molecule has 4 rings (SSSR count). The van der Waals surface area contributed by atoms with Gasteiger partial charge in [0.2, 0.25) is 23.6 Å². The average molecular weight is 610 g/mol. The van der Waals surface area contributed by atoms with E-state index in [-0.39, 0.29) is 44.2 Å². The van der Waals surface area contributed by atoms with E-state index in [9.17, 15) is 19.2 Å². The van der Waals surface area contributed by atoms with Crippen LogP contribution in [0.3, 0.4) is 0 Å². The molecule has 0 bridgehead atoms. The maximum atomic E-state index is 13.7. The van der Waals surface area contributed by atoms with Gasteiger partial charge in [-0.1, -0.05) is 49.7 Å². The molecule has 232 valence electrons. The first-order valence-electron chi connectivity index (χ1n) is 15.3. The summed E-state index contributed by atoms with van der Waals surface area (Å²) in [5.74, 6) is -0.119. The van der Waals surface area contributed by atoms with Crippen LogP contribution in [0, 0.1) is 18.8 Å². The lowest BCUT2D eigenvalue weighted by Crippen LogP contribution is -2.56. The van der Waals surface area contributed by atoms with Crippen LogP contribution in [0.15, 0.2) is 42.5 Å². The minimum Gasteiger partial charge on any atom is -0.342 e. The van der Waals surface area contributed by atoms with Crippen LogP contribution in [0.4, 0.5) is 5.69 Å². The van der Waals surface area contributed by atoms with Crippen molar-refractivity contribution in [2.75, 3.05) is 25.0 Å². The number of hydrogen-bond donors (Lipinski definition) is 3. The number of piperidine rings is 1. The quantitative estimate of drug-likeness (QED) is 0.375. The average Bonchev–Trinajstić information content (AvgIpc) is 3.00. The van der Waals surface area contributed by atoms with Gasteiger partial charge in [0.15, 0.2) is 0 Å². The molecule has 1 fully saturated rings. The fraction of sp³-hybridized carbons (Fsp3) is 0.515. The predicted molar refractivity (Wildman–Crippen MR) is 168 cm³/mol. The van der Waals surface area contributed by atoms with Crippen LogP contribution in [0.2, 0.25) is 5.02 Å². The van der Waals surface area contributed by atoms with Crippen molar-refractivity contribution in [3.8, 4) is 0 Å². The molecule has 0 aromatic heterocycles. The largest absolute Gasteiger partial charge is 0.342 e. The SMILES string of the molecule is Cc1cc(NC(=O)[C@H](CCN)NC(=O)[C@@H]2Cc3ccccc3CN2C(=O)CCC(=O)N2CCCC(C(C)C)C2)ccc1Cl. The van der Waals surface area contributed by atoms with Crippen molar-refractivity contribution in [2.24, 2.45) is 17.6 Å². The number of rotatable bonds is 10. The molecule has 0 spiro atoms. The normalized spacial score (nSPS) is 19.0. The van der Waals surface area contributed by atoms with Crippen molar-refractivity contribution in [2.45, 2.75) is 77.9 Å². The molecule has 1 saturated heterocycles. The van der Waals surface area contributed by atoms with E-state index in [4.69, 9.17) is 17.3 Å². The molecule has 1 unspecified atom stereocenters. The zero-order chi connectivity index (χ0) is 31.1. The Balaban J connectivity index is 1.45. The Hall–Kier alpha value is -3.43. The molecule has 9 nitrogen and oxygen atoms in total. The van der Waals surface area contributed by atoms with Crippen LogP contribution in [0.5, 0.6) is 0 Å². The Kier molecular flexibility index (Phi) is 11.2. The van der Waals surface area contributed by atoms with Crippen LogP contribution in [-0.2, 0) is 32.1 Å². The highest BCUT2D eigenvalue weighted by Gasteiger charge is 2.36. The van der Waals surface area contributed by atoms with Gasteiger partial charge in [-0.3, -0.25) is 19.2 Å². The first-order valence-corrected chi connectivity index (χ1v) is 15.7. The van der Waals surface area contributed by atoms with Gasteiger partial charge in [-0.15, -0.1) is 0 Å². The van der Waals surface area contributed by atoms with E-state index < -0.39 is 23.9 Å². The Labute approximate surface area is 259 Å². The summed E-state index contributed by atoms with van der Waals surface area (Å²) >= 11 is 6.12. The highest BCUT2D eigenvalue weighted by molar-refractivity contribution is 6.31. The highest BCUT2D eigenvalue weighted by Crippen LogP contribution is 2.27. The third kappa shape index (κ3) is 8.36. The van der Waals surface area contributed by atoms with Crippen molar-refractivity contribution in [3.05, 3.63) is 64.2 Å². The number of nitrogens with one attached hydrogen (secondary N) is 2. The van der Waals surface area contributed by atoms with Gasteiger partial charge >= 0.3 is 0 Å². The summed E-state index contributed by atoms with van der Waals surface area (Å²) in [6, 6.07) is 11.2. The van der Waals surface area contributed by atoms with Gasteiger partial charge in [0.1, 0.15) is 12.1 Å². The number of likely N-dealkylation sites (tertiary alicyclic amines) is 1. The summed E-state index contributed by atoms with van der Waals surface area (Å²) in [6.45, 7) is 8.10. The maximum Gasteiger partial charge on any atom is 0.246 e. The Morgan fingerprint density at radius 3 is 2.47 bits per heavy atom. The number of fused-ring (bicyclic) bond motifs is 1. The van der Waals surface area contributed by atoms with E-state index in [0.29, 0.717) is 29.0 Å². The molecular formula is C33H44ClN5O4. The molecule has 4 amide bonds. The van der Waals surface area contributed by atoms with Gasteiger partial charge in [-0.25, -0.2) is 0 Å². The number of anilines is 1. The number of nitrogens with two attached hydrogens (primary N) is 1. The van der Waals surface area contributed by atoms with Gasteiger partial charge in [-0.05, 0) is 79.5 Å². The molecule has 3 atom stereocenters. The van der Waals surface area contributed by atoms with E-state index in [2.05, 4.69) is 24.5 Å². The molecular weight excluding hydrogens is 566 g/mol. The molecule has 0 radical (unpaired) electrons. The standard InChI is InChI=1S/C33H44ClN5O4/c1-21(2)24-9-6-16-38(19-24)30(40)12-13-31(41)39-20-25-8-5-4-7-23(25)18-29(39)33(43)37-28(14-15-35)32(42)36-26-10-11-27(34)22(3)17-26/h4-5,7-8,10-11,17,21,24,28-29H,6,9,12-16,18-20,35H2,1-3H3,(H,36,42)(H,37,43)/t24?,28-,29-/m0/s1. The molecule has 2 aromatic rings. The molecule has 2 aliphatic rings. The molecule has 43 heavy (non-hydrogen) atoms. The van der Waals surface area contributed by atoms with Crippen molar-refractivity contribution >= 4 is 40.9 Å². The topological polar surface area (TPSA) is 125 Å². The second-order valence-corrected chi connectivity index (χ2v) is 12.5. The summed E-state index contributed by atoms with van der Waals surface area (Å²) in [5.41, 5.74) is 9.12. The fourth-order valence-electron chi connectivity index (χ4n) is 5.97. The van der Waals surface area contributed by atoms with Crippen LogP contribution < -0.4 is 16.4 Å². The van der Waals surface area contributed by atoms with E-state index >= 15 is 0 Å². The van der Waals surface area contributed by atoms with Crippen LogP contribution in [0.1, 0.15) is 62.6 Å². The maximum absolute atomic E-state index is 13.7. The van der Waals surface area contributed by atoms with Crippen molar-refractivity contribution < 1.29 is 19.2 Å². The van der Waals surface area contributed by atoms with E-state index in [1.807, 2.05) is 36.1 Å². The number of carbonyl (C=O) groups is 4. The summed E-state index contributed by atoms with van der Waals surface area (Å²) in [5, 5.41) is 6.28. The number of amides is 4. The number of halogens is 1. The predicted octanol–water partition coefficient (Wildman–Crippen LogP) is 4.05. The Morgan fingerprint density at radius 1 is 1.05 bits per heavy atom. The van der Waals surface area contributed by atoms with E-state index in [1.165, 1.54) is 0 Å². The zero-order valence-electron chi connectivity index (χ0n) is 25.4. The fourth-order valence-corrected chi connectivity index (χ4v) is 6.09. The van der Waals surface area contributed by atoms with Gasteiger partial charge < -0.3 is 26.2 Å². The van der Waals surface area contributed by atoms with Gasteiger partial charge in [0, 0.05) is 49.6 Å². The summed E-state index contributed by atoms with van der Waals surface area (Å²) in [6.07, 6.45) is 2.77. The molecule has 2 aliphatic heterocycles.